The van der Waals surface area contributed by atoms with E-state index in [1.54, 1.807) is 0 Å². The summed E-state index contributed by atoms with van der Waals surface area (Å²) in [5, 5.41) is 2.93. The van der Waals surface area contributed by atoms with Gasteiger partial charge < -0.3 is 5.32 Å². The van der Waals surface area contributed by atoms with Gasteiger partial charge in [0.1, 0.15) is 0 Å². The first-order valence-corrected chi connectivity index (χ1v) is 6.59. The molecule has 0 saturated carbocycles. The minimum atomic E-state index is 0.0286. The van der Waals surface area contributed by atoms with Crippen LogP contribution < -0.4 is 5.32 Å². The highest BCUT2D eigenvalue weighted by molar-refractivity contribution is 6.20. The molecule has 0 radical (unpaired) electrons. The fourth-order valence-electron chi connectivity index (χ4n) is 1.49. The summed E-state index contributed by atoms with van der Waals surface area (Å²) in [6, 6.07) is 0. The summed E-state index contributed by atoms with van der Waals surface area (Å²) in [5.41, 5.74) is 0.216. The molecular formula is C13H26ClNO. The molecule has 0 fully saturated rings. The summed E-state index contributed by atoms with van der Waals surface area (Å²) in [6.07, 6.45) is 2.56. The Labute approximate surface area is 105 Å². The SMILES string of the molecule is CCC(C)CC(=O)NCC(Cl)CC(C)(C)C. The van der Waals surface area contributed by atoms with Gasteiger partial charge in [-0.3, -0.25) is 4.79 Å². The molecule has 1 N–H and O–H groups in total. The van der Waals surface area contributed by atoms with Crippen molar-refractivity contribution in [1.29, 1.82) is 0 Å². The van der Waals surface area contributed by atoms with Gasteiger partial charge in [0.15, 0.2) is 0 Å². The van der Waals surface area contributed by atoms with Gasteiger partial charge in [0.2, 0.25) is 5.91 Å². The first-order valence-electron chi connectivity index (χ1n) is 6.15. The third-order valence-corrected chi connectivity index (χ3v) is 2.89. The van der Waals surface area contributed by atoms with Gasteiger partial charge in [-0.15, -0.1) is 11.6 Å². The molecule has 0 aromatic carbocycles. The van der Waals surface area contributed by atoms with E-state index in [0.29, 0.717) is 18.9 Å². The van der Waals surface area contributed by atoms with Crippen LogP contribution in [0.3, 0.4) is 0 Å². The van der Waals surface area contributed by atoms with Crippen molar-refractivity contribution in [2.24, 2.45) is 11.3 Å². The fourth-order valence-corrected chi connectivity index (χ4v) is 2.03. The smallest absolute Gasteiger partial charge is 0.220 e. The normalized spacial score (nSPS) is 15.6. The summed E-state index contributed by atoms with van der Waals surface area (Å²) in [5.74, 6) is 0.574. The van der Waals surface area contributed by atoms with Crippen LogP contribution in [0.15, 0.2) is 0 Å². The molecule has 0 aliphatic carbocycles. The minimum absolute atomic E-state index is 0.0286. The molecule has 1 amide bonds. The molecule has 0 rings (SSSR count). The van der Waals surface area contributed by atoms with E-state index in [2.05, 4.69) is 39.9 Å². The predicted molar refractivity (Wildman–Crippen MR) is 70.8 cm³/mol. The predicted octanol–water partition coefficient (Wildman–Crippen LogP) is 3.58. The molecule has 96 valence electrons. The number of alkyl halides is 1. The molecule has 0 bridgehead atoms. The van der Waals surface area contributed by atoms with Crippen LogP contribution in [0.1, 0.15) is 53.9 Å². The van der Waals surface area contributed by atoms with Crippen molar-refractivity contribution in [1.82, 2.24) is 5.32 Å². The van der Waals surface area contributed by atoms with Crippen LogP contribution in [-0.4, -0.2) is 17.8 Å². The Kier molecular flexibility index (Phi) is 7.05. The number of halogens is 1. The molecule has 0 saturated heterocycles. The Hall–Kier alpha value is -0.240. The Bertz CT molecular complexity index is 210. The van der Waals surface area contributed by atoms with E-state index in [4.69, 9.17) is 11.6 Å². The third kappa shape index (κ3) is 9.02. The lowest BCUT2D eigenvalue weighted by Gasteiger charge is -2.22. The number of hydrogen-bond acceptors (Lipinski definition) is 1. The van der Waals surface area contributed by atoms with Gasteiger partial charge in [0, 0.05) is 13.0 Å². The zero-order valence-corrected chi connectivity index (χ0v) is 12.0. The molecule has 0 spiro atoms. The molecule has 2 atom stereocenters. The summed E-state index contributed by atoms with van der Waals surface area (Å²) < 4.78 is 0. The number of carbonyl (C=O) groups is 1. The second-order valence-electron chi connectivity index (χ2n) is 5.88. The van der Waals surface area contributed by atoms with Crippen molar-refractivity contribution in [2.75, 3.05) is 6.54 Å². The number of rotatable bonds is 6. The molecule has 16 heavy (non-hydrogen) atoms. The lowest BCUT2D eigenvalue weighted by Crippen LogP contribution is -2.32. The van der Waals surface area contributed by atoms with Crippen LogP contribution in [-0.2, 0) is 4.79 Å². The third-order valence-electron chi connectivity index (χ3n) is 2.59. The molecule has 0 aromatic rings. The summed E-state index contributed by atoms with van der Waals surface area (Å²) in [7, 11) is 0. The largest absolute Gasteiger partial charge is 0.355 e. The number of hydrogen-bond donors (Lipinski definition) is 1. The van der Waals surface area contributed by atoms with E-state index in [-0.39, 0.29) is 16.7 Å². The Balaban J connectivity index is 3.75. The number of nitrogens with one attached hydrogen (secondary N) is 1. The number of carbonyl (C=O) groups excluding carboxylic acids is 1. The van der Waals surface area contributed by atoms with Gasteiger partial charge in [-0.2, -0.15) is 0 Å². The van der Waals surface area contributed by atoms with Crippen molar-refractivity contribution < 1.29 is 4.79 Å². The molecular weight excluding hydrogens is 222 g/mol. The van der Waals surface area contributed by atoms with Gasteiger partial charge >= 0.3 is 0 Å². The maximum absolute atomic E-state index is 11.5. The average molecular weight is 248 g/mol. The van der Waals surface area contributed by atoms with Crippen LogP contribution in [0, 0.1) is 11.3 Å². The maximum Gasteiger partial charge on any atom is 0.220 e. The highest BCUT2D eigenvalue weighted by Crippen LogP contribution is 2.23. The molecule has 0 aliphatic rings. The molecule has 0 aliphatic heterocycles. The van der Waals surface area contributed by atoms with Gasteiger partial charge in [-0.25, -0.2) is 0 Å². The van der Waals surface area contributed by atoms with Crippen LogP contribution >= 0.6 is 11.6 Å². The van der Waals surface area contributed by atoms with E-state index in [1.165, 1.54) is 0 Å². The monoisotopic (exact) mass is 247 g/mol. The minimum Gasteiger partial charge on any atom is -0.355 e. The van der Waals surface area contributed by atoms with E-state index >= 15 is 0 Å². The summed E-state index contributed by atoms with van der Waals surface area (Å²) in [4.78, 5) is 11.5. The van der Waals surface area contributed by atoms with Crippen LogP contribution in [0.4, 0.5) is 0 Å². The second kappa shape index (κ2) is 7.16. The van der Waals surface area contributed by atoms with Gasteiger partial charge in [-0.05, 0) is 17.8 Å². The maximum atomic E-state index is 11.5. The van der Waals surface area contributed by atoms with E-state index in [1.807, 2.05) is 0 Å². The van der Waals surface area contributed by atoms with Gasteiger partial charge in [-0.1, -0.05) is 41.0 Å². The summed E-state index contributed by atoms with van der Waals surface area (Å²) >= 11 is 6.17. The molecule has 0 heterocycles. The van der Waals surface area contributed by atoms with Crippen molar-refractivity contribution >= 4 is 17.5 Å². The Morgan fingerprint density at radius 1 is 1.38 bits per heavy atom. The number of amides is 1. The first-order chi connectivity index (χ1) is 7.24. The molecule has 0 aromatic heterocycles. The first kappa shape index (κ1) is 15.8. The Morgan fingerprint density at radius 2 is 1.94 bits per heavy atom. The van der Waals surface area contributed by atoms with Crippen molar-refractivity contribution in [3.05, 3.63) is 0 Å². The molecule has 3 heteroatoms. The fraction of sp³-hybridized carbons (Fsp3) is 0.923. The molecule has 2 nitrogen and oxygen atoms in total. The second-order valence-corrected chi connectivity index (χ2v) is 6.50. The van der Waals surface area contributed by atoms with E-state index in [0.717, 1.165) is 12.8 Å². The topological polar surface area (TPSA) is 29.1 Å². The van der Waals surface area contributed by atoms with Crippen LogP contribution in [0.5, 0.6) is 0 Å². The Morgan fingerprint density at radius 3 is 2.38 bits per heavy atom. The zero-order valence-electron chi connectivity index (χ0n) is 11.3. The van der Waals surface area contributed by atoms with Crippen LogP contribution in [0.2, 0.25) is 0 Å². The van der Waals surface area contributed by atoms with Gasteiger partial charge in [0.05, 0.1) is 5.38 Å². The lowest BCUT2D eigenvalue weighted by molar-refractivity contribution is -0.121. The quantitative estimate of drug-likeness (QED) is 0.715. The lowest BCUT2D eigenvalue weighted by atomic mass is 9.90. The van der Waals surface area contributed by atoms with Crippen LogP contribution in [0.25, 0.3) is 0 Å². The van der Waals surface area contributed by atoms with Crippen molar-refractivity contribution in [2.45, 2.75) is 59.3 Å². The van der Waals surface area contributed by atoms with Crippen molar-refractivity contribution in [3.63, 3.8) is 0 Å². The van der Waals surface area contributed by atoms with Crippen molar-refractivity contribution in [3.8, 4) is 0 Å². The average Bonchev–Trinajstić information content (AvgIpc) is 2.12. The van der Waals surface area contributed by atoms with Gasteiger partial charge in [0.25, 0.3) is 0 Å². The van der Waals surface area contributed by atoms with E-state index in [9.17, 15) is 4.79 Å². The zero-order chi connectivity index (χ0) is 12.8. The van der Waals surface area contributed by atoms with E-state index < -0.39 is 0 Å². The highest BCUT2D eigenvalue weighted by Gasteiger charge is 2.17. The molecule has 2 unspecified atom stereocenters. The summed E-state index contributed by atoms with van der Waals surface area (Å²) in [6.45, 7) is 11.2. The highest BCUT2D eigenvalue weighted by atomic mass is 35.5. The standard InChI is InChI=1S/C13H26ClNO/c1-6-10(2)7-12(16)15-9-11(14)8-13(3,4)5/h10-11H,6-9H2,1-5H3,(H,15,16).